The number of hydrogen-bond acceptors (Lipinski definition) is 4. The lowest BCUT2D eigenvalue weighted by molar-refractivity contribution is -0.131. The average molecular weight is 297 g/mol. The molecule has 0 bridgehead atoms. The van der Waals surface area contributed by atoms with E-state index in [0.29, 0.717) is 12.5 Å². The van der Waals surface area contributed by atoms with Gasteiger partial charge in [-0.1, -0.05) is 6.92 Å². The van der Waals surface area contributed by atoms with E-state index < -0.39 is 0 Å². The lowest BCUT2D eigenvalue weighted by Crippen LogP contribution is -2.42. The molecule has 0 aromatic rings. The predicted molar refractivity (Wildman–Crippen MR) is 79.3 cm³/mol. The van der Waals surface area contributed by atoms with Crippen molar-refractivity contribution >= 4 is 23.6 Å². The van der Waals surface area contributed by atoms with Gasteiger partial charge >= 0.3 is 0 Å². The summed E-state index contributed by atoms with van der Waals surface area (Å²) in [5, 5.41) is 6.36. The molecule has 1 aliphatic carbocycles. The minimum absolute atomic E-state index is 0.0490. The Bertz CT molecular complexity index is 405. The summed E-state index contributed by atoms with van der Waals surface area (Å²) < 4.78 is 0. The van der Waals surface area contributed by atoms with Crippen LogP contribution in [-0.2, 0) is 9.59 Å². The van der Waals surface area contributed by atoms with Crippen LogP contribution in [0, 0.1) is 11.3 Å². The monoisotopic (exact) mass is 297 g/mol. The van der Waals surface area contributed by atoms with Crippen molar-refractivity contribution in [3.63, 3.8) is 0 Å². The molecule has 2 saturated heterocycles. The van der Waals surface area contributed by atoms with Crippen LogP contribution in [0.4, 0.5) is 0 Å². The molecule has 6 heteroatoms. The molecule has 112 valence electrons. The molecule has 2 aliphatic heterocycles. The Kier molecular flexibility index (Phi) is 3.95. The summed E-state index contributed by atoms with van der Waals surface area (Å²) in [6.45, 7) is 4.42. The van der Waals surface area contributed by atoms with E-state index in [-0.39, 0.29) is 23.3 Å². The van der Waals surface area contributed by atoms with Crippen molar-refractivity contribution in [2.45, 2.75) is 32.2 Å². The summed E-state index contributed by atoms with van der Waals surface area (Å²) in [4.78, 5) is 26.1. The maximum absolute atomic E-state index is 12.3. The van der Waals surface area contributed by atoms with Gasteiger partial charge in [-0.25, -0.2) is 0 Å². The standard InChI is InChI=1S/C14H23N3O2S/c1-14(2-3-14)13(19)16-8-10-6-11(15-7-10)12(18)17-4-5-20-9-17/h10-11,15H,2-9H2,1H3,(H,16,19)/t10-,11-/m0/s1. The smallest absolute Gasteiger partial charge is 0.240 e. The van der Waals surface area contributed by atoms with E-state index in [2.05, 4.69) is 10.6 Å². The minimum atomic E-state index is -0.103. The predicted octanol–water partition coefficient (Wildman–Crippen LogP) is 0.414. The second-order valence-corrected chi connectivity index (χ2v) is 7.55. The maximum atomic E-state index is 12.3. The van der Waals surface area contributed by atoms with Gasteiger partial charge in [-0.2, -0.15) is 0 Å². The van der Waals surface area contributed by atoms with E-state index in [9.17, 15) is 9.59 Å². The summed E-state index contributed by atoms with van der Waals surface area (Å²) in [6, 6.07) is -0.0490. The lowest BCUT2D eigenvalue weighted by atomic mass is 10.0. The Hall–Kier alpha value is -0.750. The van der Waals surface area contributed by atoms with Crippen molar-refractivity contribution in [3.8, 4) is 0 Å². The molecular formula is C14H23N3O2S. The van der Waals surface area contributed by atoms with E-state index >= 15 is 0 Å². The first-order chi connectivity index (χ1) is 9.58. The molecule has 20 heavy (non-hydrogen) atoms. The SMILES string of the molecule is CC1(C(=O)NC[C@@H]2CN[C@H](C(=O)N3CCSC3)C2)CC1. The van der Waals surface area contributed by atoms with Gasteiger partial charge in [-0.15, -0.1) is 11.8 Å². The first kappa shape index (κ1) is 14.2. The Morgan fingerprint density at radius 3 is 2.90 bits per heavy atom. The number of thioether (sulfide) groups is 1. The zero-order chi connectivity index (χ0) is 14.2. The van der Waals surface area contributed by atoms with Gasteiger partial charge < -0.3 is 15.5 Å². The van der Waals surface area contributed by atoms with Crippen LogP contribution in [0.3, 0.4) is 0 Å². The van der Waals surface area contributed by atoms with Crippen molar-refractivity contribution in [1.82, 2.24) is 15.5 Å². The molecule has 5 nitrogen and oxygen atoms in total. The van der Waals surface area contributed by atoms with Crippen LogP contribution in [0.2, 0.25) is 0 Å². The molecule has 0 spiro atoms. The molecule has 0 unspecified atom stereocenters. The van der Waals surface area contributed by atoms with Gasteiger partial charge in [0.1, 0.15) is 0 Å². The van der Waals surface area contributed by atoms with Crippen molar-refractivity contribution in [2.24, 2.45) is 11.3 Å². The van der Waals surface area contributed by atoms with Crippen LogP contribution in [0.5, 0.6) is 0 Å². The van der Waals surface area contributed by atoms with Crippen molar-refractivity contribution in [2.75, 3.05) is 31.3 Å². The number of nitrogens with one attached hydrogen (secondary N) is 2. The maximum Gasteiger partial charge on any atom is 0.240 e. The summed E-state index contributed by atoms with van der Waals surface area (Å²) in [7, 11) is 0. The van der Waals surface area contributed by atoms with E-state index in [1.807, 2.05) is 23.6 Å². The topological polar surface area (TPSA) is 61.4 Å². The number of carbonyl (C=O) groups is 2. The van der Waals surface area contributed by atoms with Crippen molar-refractivity contribution in [1.29, 1.82) is 0 Å². The molecule has 2 atom stereocenters. The Balaban J connectivity index is 1.42. The molecule has 0 radical (unpaired) electrons. The van der Waals surface area contributed by atoms with Crippen LogP contribution in [0.1, 0.15) is 26.2 Å². The van der Waals surface area contributed by atoms with Crippen LogP contribution in [-0.4, -0.2) is 54.0 Å². The summed E-state index contributed by atoms with van der Waals surface area (Å²) in [5.74, 6) is 2.68. The summed E-state index contributed by atoms with van der Waals surface area (Å²) >= 11 is 1.81. The molecule has 2 heterocycles. The highest BCUT2D eigenvalue weighted by Crippen LogP contribution is 2.45. The van der Waals surface area contributed by atoms with Gasteiger partial charge in [0.15, 0.2) is 0 Å². The van der Waals surface area contributed by atoms with Gasteiger partial charge in [-0.05, 0) is 25.2 Å². The fourth-order valence-electron chi connectivity index (χ4n) is 2.83. The van der Waals surface area contributed by atoms with E-state index in [0.717, 1.165) is 44.0 Å². The molecule has 2 N–H and O–H groups in total. The molecule has 3 rings (SSSR count). The Morgan fingerprint density at radius 1 is 1.45 bits per heavy atom. The van der Waals surface area contributed by atoms with E-state index in [1.54, 1.807) is 0 Å². The van der Waals surface area contributed by atoms with Crippen molar-refractivity contribution < 1.29 is 9.59 Å². The van der Waals surface area contributed by atoms with Crippen molar-refractivity contribution in [3.05, 3.63) is 0 Å². The molecule has 1 saturated carbocycles. The minimum Gasteiger partial charge on any atom is -0.355 e. The van der Waals surface area contributed by atoms with Gasteiger partial charge in [0.25, 0.3) is 0 Å². The quantitative estimate of drug-likeness (QED) is 0.789. The number of carbonyl (C=O) groups excluding carboxylic acids is 2. The highest BCUT2D eigenvalue weighted by atomic mass is 32.2. The van der Waals surface area contributed by atoms with Crippen LogP contribution >= 0.6 is 11.8 Å². The molecule has 0 aromatic heterocycles. The fraction of sp³-hybridized carbons (Fsp3) is 0.857. The second-order valence-electron chi connectivity index (χ2n) is 6.47. The van der Waals surface area contributed by atoms with Gasteiger partial charge in [-0.3, -0.25) is 9.59 Å². The number of nitrogens with zero attached hydrogens (tertiary/aromatic N) is 1. The van der Waals surface area contributed by atoms with E-state index in [1.165, 1.54) is 0 Å². The third-order valence-corrected chi connectivity index (χ3v) is 5.65. The third-order valence-electron chi connectivity index (χ3n) is 4.68. The first-order valence-corrected chi connectivity index (χ1v) is 8.62. The molecule has 3 aliphatic rings. The fourth-order valence-corrected chi connectivity index (χ4v) is 3.78. The molecule has 3 fully saturated rings. The van der Waals surface area contributed by atoms with Gasteiger partial charge in [0, 0.05) is 30.8 Å². The van der Waals surface area contributed by atoms with E-state index in [4.69, 9.17) is 0 Å². The second kappa shape index (κ2) is 5.56. The zero-order valence-corrected chi connectivity index (χ0v) is 12.8. The highest BCUT2D eigenvalue weighted by molar-refractivity contribution is 7.99. The Morgan fingerprint density at radius 2 is 2.25 bits per heavy atom. The van der Waals surface area contributed by atoms with Gasteiger partial charge in [0.05, 0.1) is 11.9 Å². The first-order valence-electron chi connectivity index (χ1n) is 7.47. The zero-order valence-electron chi connectivity index (χ0n) is 12.0. The highest BCUT2D eigenvalue weighted by Gasteiger charge is 2.45. The normalized spacial score (nSPS) is 31.4. The van der Waals surface area contributed by atoms with Crippen LogP contribution in [0.15, 0.2) is 0 Å². The lowest BCUT2D eigenvalue weighted by Gasteiger charge is -2.19. The van der Waals surface area contributed by atoms with Gasteiger partial charge in [0.2, 0.25) is 11.8 Å². The Labute approximate surface area is 124 Å². The largest absolute Gasteiger partial charge is 0.355 e. The summed E-state index contributed by atoms with van der Waals surface area (Å²) in [6.07, 6.45) is 2.86. The molecule has 0 aromatic carbocycles. The molecular weight excluding hydrogens is 274 g/mol. The average Bonchev–Trinajstić information content (AvgIpc) is 2.93. The number of hydrogen-bond donors (Lipinski definition) is 2. The number of amides is 2. The molecule has 2 amide bonds. The van der Waals surface area contributed by atoms with Crippen LogP contribution in [0.25, 0.3) is 0 Å². The van der Waals surface area contributed by atoms with Crippen LogP contribution < -0.4 is 10.6 Å². The third kappa shape index (κ3) is 2.96. The summed E-state index contributed by atoms with van der Waals surface area (Å²) in [5.41, 5.74) is -0.103. The number of rotatable bonds is 4.